The van der Waals surface area contributed by atoms with Crippen molar-refractivity contribution in [2.24, 2.45) is 4.99 Å². The molecule has 2 heterocycles. The zero-order valence-electron chi connectivity index (χ0n) is 22.6. The maximum absolute atomic E-state index is 13.9. The van der Waals surface area contributed by atoms with E-state index in [1.165, 1.54) is 22.5 Å². The Morgan fingerprint density at radius 1 is 1.00 bits per heavy atom. The molecular formula is C31H36N2O3S. The molecule has 0 aliphatic carbocycles. The molecule has 3 aromatic rings. The summed E-state index contributed by atoms with van der Waals surface area (Å²) in [7, 11) is 0. The number of hydrogen-bond acceptors (Lipinski definition) is 5. The summed E-state index contributed by atoms with van der Waals surface area (Å²) < 4.78 is 7.76. The van der Waals surface area contributed by atoms with E-state index in [4.69, 9.17) is 9.73 Å². The van der Waals surface area contributed by atoms with Gasteiger partial charge < -0.3 is 4.74 Å². The van der Waals surface area contributed by atoms with Crippen molar-refractivity contribution in [2.75, 3.05) is 6.61 Å². The molecular weight excluding hydrogens is 480 g/mol. The molecule has 0 saturated heterocycles. The number of aromatic nitrogens is 1. The van der Waals surface area contributed by atoms with Gasteiger partial charge in [-0.15, -0.1) is 0 Å². The van der Waals surface area contributed by atoms with Crippen LogP contribution in [0.2, 0.25) is 0 Å². The number of nitrogens with zero attached hydrogens (tertiary/aromatic N) is 2. The van der Waals surface area contributed by atoms with Gasteiger partial charge in [-0.25, -0.2) is 9.79 Å². The first-order valence-electron chi connectivity index (χ1n) is 13.2. The Morgan fingerprint density at radius 3 is 2.14 bits per heavy atom. The van der Waals surface area contributed by atoms with Crippen LogP contribution in [0, 0.1) is 0 Å². The molecule has 0 bridgehead atoms. The lowest BCUT2D eigenvalue weighted by molar-refractivity contribution is -0.139. The Bertz CT molecular complexity index is 1470. The number of carbonyl (C=O) groups excluding carboxylic acids is 1. The van der Waals surface area contributed by atoms with E-state index in [0.29, 0.717) is 38.9 Å². The molecule has 0 saturated carbocycles. The largest absolute Gasteiger partial charge is 0.463 e. The first kappa shape index (κ1) is 26.8. The van der Waals surface area contributed by atoms with Gasteiger partial charge in [0.05, 0.1) is 28.5 Å². The van der Waals surface area contributed by atoms with Gasteiger partial charge >= 0.3 is 5.97 Å². The fourth-order valence-corrected chi connectivity index (χ4v) is 5.65. The second-order valence-electron chi connectivity index (χ2n) is 10.1. The molecule has 0 fully saturated rings. The van der Waals surface area contributed by atoms with E-state index in [0.717, 1.165) is 17.5 Å². The zero-order chi connectivity index (χ0) is 26.7. The van der Waals surface area contributed by atoms with Crippen molar-refractivity contribution in [3.8, 4) is 0 Å². The van der Waals surface area contributed by atoms with Gasteiger partial charge in [-0.3, -0.25) is 9.36 Å². The summed E-state index contributed by atoms with van der Waals surface area (Å²) in [4.78, 5) is 32.6. The molecule has 194 valence electrons. The summed E-state index contributed by atoms with van der Waals surface area (Å²) in [5, 5.41) is 0. The number of esters is 1. The molecule has 1 aromatic heterocycles. The van der Waals surface area contributed by atoms with Gasteiger partial charge in [0, 0.05) is 0 Å². The van der Waals surface area contributed by atoms with Gasteiger partial charge in [-0.1, -0.05) is 101 Å². The Hall–Kier alpha value is -3.25. The molecule has 0 N–H and O–H groups in total. The van der Waals surface area contributed by atoms with Crippen LogP contribution in [0.3, 0.4) is 0 Å². The Morgan fingerprint density at radius 2 is 1.59 bits per heavy atom. The van der Waals surface area contributed by atoms with Crippen LogP contribution in [-0.2, 0) is 9.53 Å². The Balaban J connectivity index is 1.93. The summed E-state index contributed by atoms with van der Waals surface area (Å²) in [5.41, 5.74) is 5.32. The van der Waals surface area contributed by atoms with Crippen LogP contribution in [0.5, 0.6) is 0 Å². The zero-order valence-corrected chi connectivity index (χ0v) is 23.4. The van der Waals surface area contributed by atoms with E-state index >= 15 is 0 Å². The topological polar surface area (TPSA) is 60.7 Å². The molecule has 1 aliphatic heterocycles. The second kappa shape index (κ2) is 11.4. The minimum absolute atomic E-state index is 0.146. The fourth-order valence-electron chi connectivity index (χ4n) is 4.63. The highest BCUT2D eigenvalue weighted by Crippen LogP contribution is 2.33. The normalized spacial score (nSPS) is 15.8. The smallest absolute Gasteiger partial charge is 0.338 e. The van der Waals surface area contributed by atoms with Crippen molar-refractivity contribution in [3.05, 3.63) is 102 Å². The van der Waals surface area contributed by atoms with Crippen LogP contribution in [0.15, 0.2) is 69.6 Å². The minimum Gasteiger partial charge on any atom is -0.463 e. The first-order valence-corrected chi connectivity index (χ1v) is 14.0. The summed E-state index contributed by atoms with van der Waals surface area (Å²) >= 11 is 1.37. The predicted octanol–water partition coefficient (Wildman–Crippen LogP) is 5.83. The van der Waals surface area contributed by atoms with Gasteiger partial charge in [-0.05, 0) is 53.5 Å². The highest BCUT2D eigenvalue weighted by atomic mass is 32.1. The first-order chi connectivity index (χ1) is 17.7. The van der Waals surface area contributed by atoms with Crippen LogP contribution in [-0.4, -0.2) is 17.1 Å². The maximum Gasteiger partial charge on any atom is 0.338 e. The molecule has 0 radical (unpaired) electrons. The molecule has 37 heavy (non-hydrogen) atoms. The number of carbonyl (C=O) groups is 1. The highest BCUT2D eigenvalue weighted by molar-refractivity contribution is 7.07. The third-order valence-electron chi connectivity index (χ3n) is 6.71. The summed E-state index contributed by atoms with van der Waals surface area (Å²) in [6.45, 7) is 12.7. The lowest BCUT2D eigenvalue weighted by atomic mass is 9.92. The number of thiazole rings is 1. The molecule has 0 unspecified atom stereocenters. The van der Waals surface area contributed by atoms with Gasteiger partial charge in [-0.2, -0.15) is 0 Å². The van der Waals surface area contributed by atoms with E-state index in [1.807, 2.05) is 30.3 Å². The van der Waals surface area contributed by atoms with Gasteiger partial charge in [0.1, 0.15) is 0 Å². The van der Waals surface area contributed by atoms with E-state index in [-0.39, 0.29) is 12.2 Å². The number of benzene rings is 2. The van der Waals surface area contributed by atoms with Crippen molar-refractivity contribution < 1.29 is 9.53 Å². The highest BCUT2D eigenvalue weighted by Gasteiger charge is 2.34. The maximum atomic E-state index is 13.9. The molecule has 6 heteroatoms. The van der Waals surface area contributed by atoms with E-state index in [2.05, 4.69) is 58.9 Å². The van der Waals surface area contributed by atoms with E-state index < -0.39 is 12.0 Å². The van der Waals surface area contributed by atoms with Crippen molar-refractivity contribution in [2.45, 2.75) is 72.3 Å². The number of fused-ring (bicyclic) bond motifs is 1. The lowest BCUT2D eigenvalue weighted by Gasteiger charge is -2.26. The quantitative estimate of drug-likeness (QED) is 0.354. The number of ether oxygens (including phenoxy) is 1. The van der Waals surface area contributed by atoms with Crippen molar-refractivity contribution in [1.82, 2.24) is 4.57 Å². The second-order valence-corrected chi connectivity index (χ2v) is 11.1. The van der Waals surface area contributed by atoms with Crippen molar-refractivity contribution in [3.63, 3.8) is 0 Å². The molecule has 0 amide bonds. The van der Waals surface area contributed by atoms with Crippen LogP contribution >= 0.6 is 11.3 Å². The molecule has 2 aromatic carbocycles. The molecule has 1 aliphatic rings. The summed E-state index contributed by atoms with van der Waals surface area (Å²) in [6, 6.07) is 15.9. The SMILES string of the molecule is CCCC1=C(C(=O)OCC)[C@@H](c2ccc(C(C)C)cc2)n2c(s/c(=C\c3ccc(C(C)C)cc3)c2=O)=N1. The lowest BCUT2D eigenvalue weighted by Crippen LogP contribution is -2.40. The third kappa shape index (κ3) is 5.54. The van der Waals surface area contributed by atoms with E-state index in [1.54, 1.807) is 11.5 Å². The standard InChI is InChI=1S/C31H36N2O3S/c1-7-9-25-27(30(35)36-8-2)28(24-16-14-23(15-17-24)20(5)6)33-29(34)26(37-31(33)32-25)18-21-10-12-22(13-11-21)19(3)4/h10-20,28H,7-9H2,1-6H3/b26-18-/t28-/m1/s1. The van der Waals surface area contributed by atoms with Crippen molar-refractivity contribution in [1.29, 1.82) is 0 Å². The van der Waals surface area contributed by atoms with Crippen LogP contribution in [0.25, 0.3) is 6.08 Å². The third-order valence-corrected chi connectivity index (χ3v) is 7.69. The monoisotopic (exact) mass is 516 g/mol. The predicted molar refractivity (Wildman–Crippen MR) is 151 cm³/mol. The average Bonchev–Trinajstić information content (AvgIpc) is 3.18. The van der Waals surface area contributed by atoms with Gasteiger partial charge in [0.25, 0.3) is 5.56 Å². The van der Waals surface area contributed by atoms with Gasteiger partial charge in [0.2, 0.25) is 0 Å². The molecule has 1 atom stereocenters. The molecule has 0 spiro atoms. The number of allylic oxidation sites excluding steroid dienone is 1. The average molecular weight is 517 g/mol. The van der Waals surface area contributed by atoms with E-state index in [9.17, 15) is 9.59 Å². The van der Waals surface area contributed by atoms with Crippen molar-refractivity contribution >= 4 is 23.4 Å². The number of rotatable bonds is 8. The molecule has 4 rings (SSSR count). The molecule has 5 nitrogen and oxygen atoms in total. The Labute approximate surface area is 222 Å². The summed E-state index contributed by atoms with van der Waals surface area (Å²) in [6.07, 6.45) is 3.38. The fraction of sp³-hybridized carbons (Fsp3) is 0.387. The van der Waals surface area contributed by atoms with Gasteiger partial charge in [0.15, 0.2) is 4.80 Å². The summed E-state index contributed by atoms with van der Waals surface area (Å²) in [5.74, 6) is 0.416. The minimum atomic E-state index is -0.580. The van der Waals surface area contributed by atoms with Crippen LogP contribution in [0.1, 0.15) is 94.5 Å². The van der Waals surface area contributed by atoms with Crippen LogP contribution in [0.4, 0.5) is 0 Å². The number of hydrogen-bond donors (Lipinski definition) is 0. The van der Waals surface area contributed by atoms with Crippen LogP contribution < -0.4 is 14.9 Å². The Kier molecular flexibility index (Phi) is 8.28.